The van der Waals surface area contributed by atoms with Gasteiger partial charge in [-0.2, -0.15) is 5.10 Å². The Labute approximate surface area is 147 Å². The van der Waals surface area contributed by atoms with Gasteiger partial charge in [0.2, 0.25) is 0 Å². The normalized spacial score (nSPS) is 17.4. The summed E-state index contributed by atoms with van der Waals surface area (Å²) in [5, 5.41) is 10.7. The third kappa shape index (κ3) is 4.21. The number of benzene rings is 1. The summed E-state index contributed by atoms with van der Waals surface area (Å²) in [6, 6.07) is 7.66. The van der Waals surface area contributed by atoms with Gasteiger partial charge in [-0.1, -0.05) is 18.2 Å². The molecule has 25 heavy (non-hydrogen) atoms. The lowest BCUT2D eigenvalue weighted by Gasteiger charge is -1.98. The maximum atomic E-state index is 11.7. The number of imidazole rings is 1. The van der Waals surface area contributed by atoms with Crippen molar-refractivity contribution in [2.45, 2.75) is 0 Å². The van der Waals surface area contributed by atoms with Crippen LogP contribution in [0.5, 0.6) is 0 Å². The number of amidine groups is 1. The Bertz CT molecular complexity index is 887. The van der Waals surface area contributed by atoms with Crippen molar-refractivity contribution < 1.29 is 14.3 Å². The van der Waals surface area contributed by atoms with Crippen LogP contribution in [0.4, 0.5) is 0 Å². The van der Waals surface area contributed by atoms with E-state index in [4.69, 9.17) is 0 Å². The molecule has 0 bridgehead atoms. The average Bonchev–Trinajstić information content (AvgIpc) is 3.26. The van der Waals surface area contributed by atoms with Crippen molar-refractivity contribution in [2.24, 2.45) is 10.2 Å². The maximum Gasteiger partial charge on any atom is 0.331 e. The molecule has 1 aliphatic heterocycles. The van der Waals surface area contributed by atoms with E-state index in [0.29, 0.717) is 5.17 Å². The summed E-state index contributed by atoms with van der Waals surface area (Å²) < 4.78 is 4.49. The molecule has 0 aliphatic carbocycles. The molecule has 0 atom stereocenters. The van der Waals surface area contributed by atoms with E-state index in [2.05, 4.69) is 30.2 Å². The van der Waals surface area contributed by atoms with Gasteiger partial charge in [0.05, 0.1) is 36.4 Å². The SMILES string of the molecule is COC(=O)/C=C1/S/C(=N\N=Cc2cccc(-c3cnc[nH]3)c2)NC1=O. The molecule has 1 amide bonds. The number of rotatable bonds is 4. The molecule has 1 fully saturated rings. The molecule has 0 radical (unpaired) electrons. The molecule has 1 aromatic heterocycles. The summed E-state index contributed by atoms with van der Waals surface area (Å²) in [6.07, 6.45) is 6.03. The van der Waals surface area contributed by atoms with Crippen LogP contribution < -0.4 is 5.32 Å². The number of amides is 1. The largest absolute Gasteiger partial charge is 0.466 e. The monoisotopic (exact) mass is 355 g/mol. The standard InChI is InChI=1S/C16H13N5O3S/c1-24-14(22)6-13-15(23)20-16(25-13)21-19-7-10-3-2-4-11(5-10)12-8-17-9-18-12/h2-9H,1H3,(H,17,18)(H,20,21,23)/b13-6+,19-7?. The zero-order valence-corrected chi connectivity index (χ0v) is 13.9. The van der Waals surface area contributed by atoms with Crippen LogP contribution in [0.15, 0.2) is 58.0 Å². The molecule has 2 N–H and O–H groups in total. The minimum absolute atomic E-state index is 0.210. The van der Waals surface area contributed by atoms with Crippen LogP contribution in [0.25, 0.3) is 11.3 Å². The van der Waals surface area contributed by atoms with E-state index < -0.39 is 11.9 Å². The highest BCUT2D eigenvalue weighted by atomic mass is 32.2. The number of esters is 1. The minimum atomic E-state index is -0.599. The fourth-order valence-corrected chi connectivity index (χ4v) is 2.73. The zero-order chi connectivity index (χ0) is 17.6. The summed E-state index contributed by atoms with van der Waals surface area (Å²) in [5.41, 5.74) is 2.72. The molecule has 8 nitrogen and oxygen atoms in total. The van der Waals surface area contributed by atoms with Gasteiger partial charge in [-0.3, -0.25) is 10.1 Å². The second-order valence-electron chi connectivity index (χ2n) is 4.83. The van der Waals surface area contributed by atoms with Crippen LogP contribution in [0.3, 0.4) is 0 Å². The first-order chi connectivity index (χ1) is 12.2. The van der Waals surface area contributed by atoms with Gasteiger partial charge in [0, 0.05) is 11.6 Å². The van der Waals surface area contributed by atoms with Crippen molar-refractivity contribution >= 4 is 35.0 Å². The van der Waals surface area contributed by atoms with Gasteiger partial charge in [-0.05, 0) is 23.4 Å². The highest BCUT2D eigenvalue weighted by Gasteiger charge is 2.24. The molecule has 2 heterocycles. The molecular weight excluding hydrogens is 342 g/mol. The van der Waals surface area contributed by atoms with Gasteiger partial charge in [0.15, 0.2) is 5.17 Å². The second-order valence-corrected chi connectivity index (χ2v) is 5.86. The maximum absolute atomic E-state index is 11.7. The van der Waals surface area contributed by atoms with E-state index in [0.717, 1.165) is 34.7 Å². The number of aromatic nitrogens is 2. The van der Waals surface area contributed by atoms with Gasteiger partial charge in [0.1, 0.15) is 0 Å². The lowest BCUT2D eigenvalue weighted by Crippen LogP contribution is -2.19. The van der Waals surface area contributed by atoms with E-state index in [-0.39, 0.29) is 4.91 Å². The molecule has 0 unspecified atom stereocenters. The van der Waals surface area contributed by atoms with Crippen LogP contribution in [0.1, 0.15) is 5.56 Å². The summed E-state index contributed by atoms with van der Waals surface area (Å²) in [6.45, 7) is 0. The number of thioether (sulfide) groups is 1. The number of H-pyrrole nitrogens is 1. The number of methoxy groups -OCH3 is 1. The lowest BCUT2D eigenvalue weighted by atomic mass is 10.1. The van der Waals surface area contributed by atoms with E-state index in [9.17, 15) is 9.59 Å². The summed E-state index contributed by atoms with van der Waals surface area (Å²) in [7, 11) is 1.24. The molecule has 126 valence electrons. The topological polar surface area (TPSA) is 109 Å². The molecular formula is C16H13N5O3S. The van der Waals surface area contributed by atoms with E-state index in [1.807, 2.05) is 24.3 Å². The number of nitrogens with one attached hydrogen (secondary N) is 2. The fourth-order valence-electron chi connectivity index (χ4n) is 1.99. The minimum Gasteiger partial charge on any atom is -0.466 e. The van der Waals surface area contributed by atoms with Gasteiger partial charge in [-0.15, -0.1) is 5.10 Å². The quantitative estimate of drug-likeness (QED) is 0.375. The number of carbonyl (C=O) groups excluding carboxylic acids is 2. The summed E-state index contributed by atoms with van der Waals surface area (Å²) >= 11 is 1.02. The van der Waals surface area contributed by atoms with Crippen molar-refractivity contribution in [1.29, 1.82) is 0 Å². The Balaban J connectivity index is 1.70. The first-order valence-corrected chi connectivity index (χ1v) is 7.96. The van der Waals surface area contributed by atoms with E-state index in [1.54, 1.807) is 18.7 Å². The van der Waals surface area contributed by atoms with Crippen LogP contribution in [-0.2, 0) is 14.3 Å². The van der Waals surface area contributed by atoms with Gasteiger partial charge in [-0.25, -0.2) is 9.78 Å². The van der Waals surface area contributed by atoms with Crippen LogP contribution >= 0.6 is 11.8 Å². The van der Waals surface area contributed by atoms with Crippen LogP contribution in [0.2, 0.25) is 0 Å². The first-order valence-electron chi connectivity index (χ1n) is 7.14. The highest BCUT2D eigenvalue weighted by Crippen LogP contribution is 2.23. The van der Waals surface area contributed by atoms with Crippen molar-refractivity contribution in [3.63, 3.8) is 0 Å². The lowest BCUT2D eigenvalue weighted by molar-refractivity contribution is -0.135. The fraction of sp³-hybridized carbons (Fsp3) is 0.0625. The Morgan fingerprint density at radius 1 is 1.40 bits per heavy atom. The number of nitrogens with zero attached hydrogens (tertiary/aromatic N) is 3. The molecule has 0 spiro atoms. The summed E-state index contributed by atoms with van der Waals surface area (Å²) in [5.74, 6) is -1.01. The highest BCUT2D eigenvalue weighted by molar-refractivity contribution is 8.18. The summed E-state index contributed by atoms with van der Waals surface area (Å²) in [4.78, 5) is 30.1. The predicted octanol–water partition coefficient (Wildman–Crippen LogP) is 1.69. The van der Waals surface area contributed by atoms with Crippen LogP contribution in [0, 0.1) is 0 Å². The number of hydrogen-bond donors (Lipinski definition) is 2. The predicted molar refractivity (Wildman–Crippen MR) is 94.9 cm³/mol. The third-order valence-corrected chi connectivity index (χ3v) is 4.05. The number of ether oxygens (including phenoxy) is 1. The van der Waals surface area contributed by atoms with E-state index >= 15 is 0 Å². The number of hydrogen-bond acceptors (Lipinski definition) is 7. The van der Waals surface area contributed by atoms with Crippen molar-refractivity contribution in [2.75, 3.05) is 7.11 Å². The Morgan fingerprint density at radius 3 is 3.04 bits per heavy atom. The molecule has 1 aliphatic rings. The van der Waals surface area contributed by atoms with Crippen molar-refractivity contribution in [3.8, 4) is 11.3 Å². The molecule has 2 aromatic rings. The van der Waals surface area contributed by atoms with Gasteiger partial charge < -0.3 is 9.72 Å². The second kappa shape index (κ2) is 7.58. The Hall–Kier alpha value is -3.20. The molecule has 1 saturated heterocycles. The molecule has 1 aromatic carbocycles. The molecule has 3 rings (SSSR count). The average molecular weight is 355 g/mol. The zero-order valence-electron chi connectivity index (χ0n) is 13.1. The molecule has 0 saturated carbocycles. The number of aromatic amines is 1. The smallest absolute Gasteiger partial charge is 0.331 e. The Kier molecular flexibility index (Phi) is 5.05. The first kappa shape index (κ1) is 16.7. The van der Waals surface area contributed by atoms with Crippen molar-refractivity contribution in [3.05, 3.63) is 53.3 Å². The number of carbonyl (C=O) groups is 2. The third-order valence-electron chi connectivity index (χ3n) is 3.15. The van der Waals surface area contributed by atoms with Gasteiger partial charge in [0.25, 0.3) is 5.91 Å². The van der Waals surface area contributed by atoms with Gasteiger partial charge >= 0.3 is 5.97 Å². The Morgan fingerprint density at radius 2 is 2.28 bits per heavy atom. The molecule has 9 heteroatoms. The van der Waals surface area contributed by atoms with E-state index in [1.165, 1.54) is 7.11 Å². The van der Waals surface area contributed by atoms with Crippen LogP contribution in [-0.4, -0.2) is 40.3 Å². The van der Waals surface area contributed by atoms with Crippen molar-refractivity contribution in [1.82, 2.24) is 15.3 Å².